The topological polar surface area (TPSA) is 56.7 Å². The molecule has 0 saturated carbocycles. The highest BCUT2D eigenvalue weighted by molar-refractivity contribution is 14.0. The van der Waals surface area contributed by atoms with Crippen LogP contribution in [-0.2, 0) is 0 Å². The van der Waals surface area contributed by atoms with Crippen molar-refractivity contribution in [2.24, 2.45) is 10.4 Å². The zero-order valence-corrected chi connectivity index (χ0v) is 17.1. The molecule has 0 aliphatic heterocycles. The number of guanidine groups is 1. The number of nitrogens with one attached hydrogen (secondary N) is 2. The molecule has 1 aromatic carbocycles. The number of aliphatic imine (C=N–C) groups is 1. The van der Waals surface area contributed by atoms with Crippen molar-refractivity contribution in [2.75, 3.05) is 26.2 Å². The van der Waals surface area contributed by atoms with Gasteiger partial charge < -0.3 is 15.7 Å². The molecule has 1 unspecified atom stereocenters. The first-order chi connectivity index (χ1) is 10.5. The molecule has 0 saturated heterocycles. The first kappa shape index (κ1) is 22.2. The van der Waals surface area contributed by atoms with Crippen LogP contribution in [0.1, 0.15) is 45.6 Å². The number of aliphatic hydroxyl groups excluding tert-OH is 1. The molecule has 0 aliphatic carbocycles. The van der Waals surface area contributed by atoms with E-state index in [9.17, 15) is 5.11 Å². The Balaban J connectivity index is 0.00000484. The summed E-state index contributed by atoms with van der Waals surface area (Å²) < 4.78 is 0. The van der Waals surface area contributed by atoms with Gasteiger partial charge in [0.15, 0.2) is 5.96 Å². The number of aliphatic hydroxyl groups is 1. The van der Waals surface area contributed by atoms with Crippen LogP contribution < -0.4 is 10.6 Å². The van der Waals surface area contributed by atoms with Crippen LogP contribution in [-0.4, -0.2) is 37.3 Å². The molecule has 23 heavy (non-hydrogen) atoms. The molecule has 0 fully saturated rings. The normalized spacial score (nSPS) is 13.2. The van der Waals surface area contributed by atoms with Crippen LogP contribution >= 0.6 is 24.0 Å². The molecule has 0 amide bonds. The van der Waals surface area contributed by atoms with Crippen LogP contribution in [0.5, 0.6) is 0 Å². The molecular weight excluding hydrogens is 401 g/mol. The molecule has 132 valence electrons. The van der Waals surface area contributed by atoms with Gasteiger partial charge in [-0.05, 0) is 24.3 Å². The first-order valence-corrected chi connectivity index (χ1v) is 8.14. The van der Waals surface area contributed by atoms with E-state index in [1.165, 1.54) is 0 Å². The van der Waals surface area contributed by atoms with Gasteiger partial charge in [-0.1, -0.05) is 51.1 Å². The summed E-state index contributed by atoms with van der Waals surface area (Å²) in [5, 5.41) is 16.2. The van der Waals surface area contributed by atoms with E-state index >= 15 is 0 Å². The van der Waals surface area contributed by atoms with E-state index in [4.69, 9.17) is 0 Å². The third-order valence-electron chi connectivity index (χ3n) is 3.47. The number of benzene rings is 1. The minimum absolute atomic E-state index is 0. The van der Waals surface area contributed by atoms with Gasteiger partial charge in [-0.15, -0.1) is 24.0 Å². The molecule has 3 N–H and O–H groups in total. The second kappa shape index (κ2) is 11.7. The standard InChI is InChI=1S/C18H31N3O.HI/c1-5-19-17(20-12-11-18(2,3)4)21-13-16(14-22)15-9-7-6-8-10-15;/h6-10,16,22H,5,11-14H2,1-4H3,(H2,19,20,21);1H. The minimum atomic E-state index is 0. The summed E-state index contributed by atoms with van der Waals surface area (Å²) in [6.07, 6.45) is 1.08. The number of rotatable bonds is 7. The van der Waals surface area contributed by atoms with E-state index < -0.39 is 0 Å². The van der Waals surface area contributed by atoms with Crippen LogP contribution in [0.3, 0.4) is 0 Å². The van der Waals surface area contributed by atoms with Crippen LogP contribution in [0.15, 0.2) is 35.3 Å². The maximum absolute atomic E-state index is 9.59. The Morgan fingerprint density at radius 1 is 1.17 bits per heavy atom. The number of hydrogen-bond donors (Lipinski definition) is 3. The largest absolute Gasteiger partial charge is 0.396 e. The van der Waals surface area contributed by atoms with Crippen LogP contribution in [0.25, 0.3) is 0 Å². The fourth-order valence-electron chi connectivity index (χ4n) is 2.09. The van der Waals surface area contributed by atoms with Gasteiger partial charge in [0.1, 0.15) is 0 Å². The van der Waals surface area contributed by atoms with Crippen LogP contribution in [0, 0.1) is 5.41 Å². The predicted octanol–water partition coefficient (Wildman–Crippen LogP) is 3.37. The first-order valence-electron chi connectivity index (χ1n) is 8.14. The van der Waals surface area contributed by atoms with E-state index in [1.807, 2.05) is 30.3 Å². The summed E-state index contributed by atoms with van der Waals surface area (Å²) in [5.41, 5.74) is 1.43. The van der Waals surface area contributed by atoms with Gasteiger partial charge in [-0.2, -0.15) is 0 Å². The van der Waals surface area contributed by atoms with Gasteiger partial charge in [0.25, 0.3) is 0 Å². The summed E-state index contributed by atoms with van der Waals surface area (Å²) in [5.74, 6) is 0.861. The van der Waals surface area contributed by atoms with Crippen molar-refractivity contribution in [3.05, 3.63) is 35.9 Å². The second-order valence-corrected chi connectivity index (χ2v) is 6.75. The van der Waals surface area contributed by atoms with Crippen LogP contribution in [0.2, 0.25) is 0 Å². The molecule has 0 aliphatic rings. The number of halogens is 1. The third-order valence-corrected chi connectivity index (χ3v) is 3.47. The van der Waals surface area contributed by atoms with Gasteiger partial charge in [-0.25, -0.2) is 0 Å². The fourth-order valence-corrected chi connectivity index (χ4v) is 2.09. The Labute approximate surface area is 158 Å². The molecule has 5 heteroatoms. The average Bonchev–Trinajstić information content (AvgIpc) is 2.47. The smallest absolute Gasteiger partial charge is 0.191 e. The summed E-state index contributed by atoms with van der Waals surface area (Å²) >= 11 is 0. The van der Waals surface area contributed by atoms with Gasteiger partial charge in [0.05, 0.1) is 13.2 Å². The molecular formula is C18H32IN3O. The van der Waals surface area contributed by atoms with Crippen molar-refractivity contribution in [2.45, 2.75) is 40.0 Å². The van der Waals surface area contributed by atoms with Crippen molar-refractivity contribution in [3.8, 4) is 0 Å². The highest BCUT2D eigenvalue weighted by Gasteiger charge is 2.11. The Hall–Kier alpha value is -0.820. The lowest BCUT2D eigenvalue weighted by Gasteiger charge is -2.20. The van der Waals surface area contributed by atoms with Gasteiger partial charge in [-0.3, -0.25) is 4.99 Å². The Bertz CT molecular complexity index is 443. The third kappa shape index (κ3) is 9.81. The summed E-state index contributed by atoms with van der Waals surface area (Å²) in [6, 6.07) is 10.1. The van der Waals surface area contributed by atoms with E-state index in [1.54, 1.807) is 0 Å². The molecule has 0 heterocycles. The number of nitrogens with zero attached hydrogens (tertiary/aromatic N) is 1. The zero-order valence-electron chi connectivity index (χ0n) is 14.8. The van der Waals surface area contributed by atoms with Crippen molar-refractivity contribution < 1.29 is 5.11 Å². The van der Waals surface area contributed by atoms with Gasteiger partial charge in [0.2, 0.25) is 0 Å². The molecule has 0 spiro atoms. The summed E-state index contributed by atoms with van der Waals surface area (Å²) in [6.45, 7) is 11.2. The van der Waals surface area contributed by atoms with E-state index in [0.29, 0.717) is 12.0 Å². The van der Waals surface area contributed by atoms with Gasteiger partial charge in [0, 0.05) is 19.0 Å². The minimum Gasteiger partial charge on any atom is -0.396 e. The molecule has 4 nitrogen and oxygen atoms in total. The summed E-state index contributed by atoms with van der Waals surface area (Å²) in [4.78, 5) is 4.62. The van der Waals surface area contributed by atoms with Crippen LogP contribution in [0.4, 0.5) is 0 Å². The Morgan fingerprint density at radius 2 is 1.83 bits per heavy atom. The zero-order chi connectivity index (χ0) is 16.4. The lowest BCUT2D eigenvalue weighted by atomic mass is 9.92. The summed E-state index contributed by atoms with van der Waals surface area (Å²) in [7, 11) is 0. The lowest BCUT2D eigenvalue weighted by molar-refractivity contribution is 0.268. The van der Waals surface area contributed by atoms with E-state index in [0.717, 1.165) is 31.0 Å². The monoisotopic (exact) mass is 433 g/mol. The number of hydrogen-bond acceptors (Lipinski definition) is 2. The van der Waals surface area contributed by atoms with Crippen molar-refractivity contribution >= 4 is 29.9 Å². The Morgan fingerprint density at radius 3 is 2.35 bits per heavy atom. The molecule has 0 bridgehead atoms. The highest BCUT2D eigenvalue weighted by Crippen LogP contribution is 2.17. The highest BCUT2D eigenvalue weighted by atomic mass is 127. The lowest BCUT2D eigenvalue weighted by Crippen LogP contribution is -2.39. The molecule has 1 rings (SSSR count). The molecule has 0 aromatic heterocycles. The average molecular weight is 433 g/mol. The van der Waals surface area contributed by atoms with Crippen molar-refractivity contribution in [1.82, 2.24) is 10.6 Å². The maximum atomic E-state index is 9.59. The SMILES string of the molecule is CCNC(=NCC(CO)c1ccccc1)NCCC(C)(C)C.I. The predicted molar refractivity (Wildman–Crippen MR) is 110 cm³/mol. The molecule has 1 aromatic rings. The van der Waals surface area contributed by atoms with Gasteiger partial charge >= 0.3 is 0 Å². The molecule has 1 atom stereocenters. The van der Waals surface area contributed by atoms with Crippen molar-refractivity contribution in [1.29, 1.82) is 0 Å². The van der Waals surface area contributed by atoms with E-state index in [-0.39, 0.29) is 36.5 Å². The van der Waals surface area contributed by atoms with E-state index in [2.05, 4.69) is 43.3 Å². The van der Waals surface area contributed by atoms with Crippen molar-refractivity contribution in [3.63, 3.8) is 0 Å². The Kier molecular flexibility index (Phi) is 11.3. The maximum Gasteiger partial charge on any atom is 0.191 e. The molecule has 0 radical (unpaired) electrons. The second-order valence-electron chi connectivity index (χ2n) is 6.75. The quantitative estimate of drug-likeness (QED) is 0.351. The fraction of sp³-hybridized carbons (Fsp3) is 0.611.